The van der Waals surface area contributed by atoms with Crippen LogP contribution in [0.5, 0.6) is 0 Å². The third-order valence-corrected chi connectivity index (χ3v) is 3.38. The van der Waals surface area contributed by atoms with Crippen molar-refractivity contribution in [1.82, 2.24) is 4.90 Å². The quantitative estimate of drug-likeness (QED) is 0.614. The molecule has 72 valence electrons. The van der Waals surface area contributed by atoms with Crippen molar-refractivity contribution in [3.8, 4) is 0 Å². The van der Waals surface area contributed by atoms with Crippen LogP contribution in [0.3, 0.4) is 0 Å². The maximum Gasteiger partial charge on any atom is 0.0150 e. The van der Waals surface area contributed by atoms with Gasteiger partial charge in [-0.1, -0.05) is 13.8 Å². The van der Waals surface area contributed by atoms with E-state index in [0.29, 0.717) is 5.54 Å². The van der Waals surface area contributed by atoms with Crippen LogP contribution in [0.2, 0.25) is 0 Å². The number of nitrogens with zero attached hydrogens (tertiary/aromatic N) is 1. The lowest BCUT2D eigenvalue weighted by molar-refractivity contribution is 0.0686. The van der Waals surface area contributed by atoms with Crippen LogP contribution in [-0.2, 0) is 0 Å². The SMILES string of the molecule is CCC(C)(C)N1CCCC(C)C1. The summed E-state index contributed by atoms with van der Waals surface area (Å²) in [7, 11) is 0. The molecule has 1 heteroatoms. The summed E-state index contributed by atoms with van der Waals surface area (Å²) in [4.78, 5) is 2.65. The molecule has 1 atom stereocenters. The average molecular weight is 169 g/mol. The monoisotopic (exact) mass is 169 g/mol. The second-order valence-electron chi connectivity index (χ2n) is 4.86. The highest BCUT2D eigenvalue weighted by molar-refractivity contribution is 4.83. The Labute approximate surface area is 77.1 Å². The van der Waals surface area contributed by atoms with Crippen LogP contribution in [0.1, 0.15) is 47.0 Å². The van der Waals surface area contributed by atoms with E-state index in [1.165, 1.54) is 32.4 Å². The predicted molar refractivity (Wildman–Crippen MR) is 54.3 cm³/mol. The molecule has 0 aromatic heterocycles. The average Bonchev–Trinajstić information content (AvgIpc) is 2.05. The highest BCUT2D eigenvalue weighted by Gasteiger charge is 2.27. The second-order valence-corrected chi connectivity index (χ2v) is 4.86. The van der Waals surface area contributed by atoms with E-state index in [1.54, 1.807) is 0 Å². The Hall–Kier alpha value is -0.0400. The fraction of sp³-hybridized carbons (Fsp3) is 1.00. The van der Waals surface area contributed by atoms with Gasteiger partial charge in [0.15, 0.2) is 0 Å². The van der Waals surface area contributed by atoms with E-state index in [0.717, 1.165) is 5.92 Å². The predicted octanol–water partition coefficient (Wildman–Crippen LogP) is 2.91. The van der Waals surface area contributed by atoms with Crippen LogP contribution in [0.25, 0.3) is 0 Å². The van der Waals surface area contributed by atoms with Crippen molar-refractivity contribution in [3.05, 3.63) is 0 Å². The van der Waals surface area contributed by atoms with Gasteiger partial charge in [-0.05, 0) is 45.6 Å². The van der Waals surface area contributed by atoms with Gasteiger partial charge in [0.2, 0.25) is 0 Å². The molecule has 0 N–H and O–H groups in total. The van der Waals surface area contributed by atoms with Gasteiger partial charge < -0.3 is 0 Å². The van der Waals surface area contributed by atoms with E-state index < -0.39 is 0 Å². The third-order valence-electron chi connectivity index (χ3n) is 3.38. The molecule has 1 unspecified atom stereocenters. The molecule has 1 aliphatic rings. The van der Waals surface area contributed by atoms with Crippen molar-refractivity contribution in [2.45, 2.75) is 52.5 Å². The summed E-state index contributed by atoms with van der Waals surface area (Å²) < 4.78 is 0. The van der Waals surface area contributed by atoms with Crippen LogP contribution in [0.15, 0.2) is 0 Å². The highest BCUT2D eigenvalue weighted by Crippen LogP contribution is 2.25. The number of hydrogen-bond acceptors (Lipinski definition) is 1. The zero-order valence-electron chi connectivity index (χ0n) is 9.06. The van der Waals surface area contributed by atoms with E-state index in [1.807, 2.05) is 0 Å². The van der Waals surface area contributed by atoms with E-state index in [4.69, 9.17) is 0 Å². The number of hydrogen-bond donors (Lipinski definition) is 0. The van der Waals surface area contributed by atoms with Crippen LogP contribution in [-0.4, -0.2) is 23.5 Å². The van der Waals surface area contributed by atoms with Crippen molar-refractivity contribution in [3.63, 3.8) is 0 Å². The Balaban J connectivity index is 2.50. The van der Waals surface area contributed by atoms with Crippen LogP contribution >= 0.6 is 0 Å². The Morgan fingerprint density at radius 3 is 2.58 bits per heavy atom. The van der Waals surface area contributed by atoms with Crippen molar-refractivity contribution in [2.24, 2.45) is 5.92 Å². The van der Waals surface area contributed by atoms with Gasteiger partial charge in [-0.15, -0.1) is 0 Å². The molecule has 0 aromatic rings. The molecule has 1 nitrogen and oxygen atoms in total. The van der Waals surface area contributed by atoms with Gasteiger partial charge in [0.05, 0.1) is 0 Å². The van der Waals surface area contributed by atoms with Gasteiger partial charge in [-0.25, -0.2) is 0 Å². The molecule has 1 heterocycles. The molecule has 1 aliphatic heterocycles. The van der Waals surface area contributed by atoms with Gasteiger partial charge in [0.25, 0.3) is 0 Å². The molecule has 1 fully saturated rings. The van der Waals surface area contributed by atoms with Crippen LogP contribution in [0, 0.1) is 5.92 Å². The summed E-state index contributed by atoms with van der Waals surface area (Å²) in [6, 6.07) is 0. The normalized spacial score (nSPS) is 27.5. The summed E-state index contributed by atoms with van der Waals surface area (Å²) in [5, 5.41) is 0. The summed E-state index contributed by atoms with van der Waals surface area (Å²) in [6.45, 7) is 12.0. The van der Waals surface area contributed by atoms with Gasteiger partial charge in [-0.3, -0.25) is 4.90 Å². The van der Waals surface area contributed by atoms with Gasteiger partial charge in [0.1, 0.15) is 0 Å². The fourth-order valence-electron chi connectivity index (χ4n) is 1.96. The summed E-state index contributed by atoms with van der Waals surface area (Å²) in [6.07, 6.45) is 4.08. The standard InChI is InChI=1S/C11H23N/c1-5-11(3,4)12-8-6-7-10(2)9-12/h10H,5-9H2,1-4H3. The van der Waals surface area contributed by atoms with E-state index in [-0.39, 0.29) is 0 Å². The molecule has 0 saturated carbocycles. The minimum atomic E-state index is 0.425. The van der Waals surface area contributed by atoms with Crippen LogP contribution in [0.4, 0.5) is 0 Å². The number of rotatable bonds is 2. The fourth-order valence-corrected chi connectivity index (χ4v) is 1.96. The van der Waals surface area contributed by atoms with Crippen molar-refractivity contribution < 1.29 is 0 Å². The van der Waals surface area contributed by atoms with Gasteiger partial charge >= 0.3 is 0 Å². The van der Waals surface area contributed by atoms with Gasteiger partial charge in [-0.2, -0.15) is 0 Å². The molecule has 0 radical (unpaired) electrons. The second kappa shape index (κ2) is 3.78. The Kier molecular flexibility index (Phi) is 3.16. The van der Waals surface area contributed by atoms with Crippen molar-refractivity contribution in [1.29, 1.82) is 0 Å². The van der Waals surface area contributed by atoms with Crippen molar-refractivity contribution >= 4 is 0 Å². The number of piperidine rings is 1. The Morgan fingerprint density at radius 1 is 1.42 bits per heavy atom. The van der Waals surface area contributed by atoms with Gasteiger partial charge in [0, 0.05) is 12.1 Å². The lowest BCUT2D eigenvalue weighted by Gasteiger charge is -2.42. The Bertz CT molecular complexity index is 140. The molecule has 0 bridgehead atoms. The first kappa shape index (κ1) is 10.0. The molecule has 1 rings (SSSR count). The summed E-state index contributed by atoms with van der Waals surface area (Å²) in [5.41, 5.74) is 0.425. The molecule has 0 spiro atoms. The molecule has 1 saturated heterocycles. The molecule has 0 aromatic carbocycles. The zero-order valence-corrected chi connectivity index (χ0v) is 9.06. The topological polar surface area (TPSA) is 3.24 Å². The largest absolute Gasteiger partial charge is 0.298 e. The maximum absolute atomic E-state index is 2.65. The van der Waals surface area contributed by atoms with E-state index in [9.17, 15) is 0 Å². The number of likely N-dealkylation sites (tertiary alicyclic amines) is 1. The minimum absolute atomic E-state index is 0.425. The minimum Gasteiger partial charge on any atom is -0.298 e. The first-order valence-electron chi connectivity index (χ1n) is 5.31. The maximum atomic E-state index is 2.65. The molecular weight excluding hydrogens is 146 g/mol. The zero-order chi connectivity index (χ0) is 9.19. The molecule has 0 aliphatic carbocycles. The summed E-state index contributed by atoms with van der Waals surface area (Å²) >= 11 is 0. The molecule has 12 heavy (non-hydrogen) atoms. The first-order valence-corrected chi connectivity index (χ1v) is 5.31. The molecule has 0 amide bonds. The molecular formula is C11H23N. The van der Waals surface area contributed by atoms with Crippen molar-refractivity contribution in [2.75, 3.05) is 13.1 Å². The lowest BCUT2D eigenvalue weighted by atomic mass is 9.92. The summed E-state index contributed by atoms with van der Waals surface area (Å²) in [5.74, 6) is 0.907. The van der Waals surface area contributed by atoms with E-state index in [2.05, 4.69) is 32.6 Å². The van der Waals surface area contributed by atoms with E-state index >= 15 is 0 Å². The lowest BCUT2D eigenvalue weighted by Crippen LogP contribution is -2.48. The highest BCUT2D eigenvalue weighted by atomic mass is 15.2. The smallest absolute Gasteiger partial charge is 0.0150 e. The Morgan fingerprint density at radius 2 is 2.08 bits per heavy atom. The van der Waals surface area contributed by atoms with Crippen LogP contribution < -0.4 is 0 Å². The first-order chi connectivity index (χ1) is 5.56. The third kappa shape index (κ3) is 2.22.